The molecule has 0 aromatic rings. The van der Waals surface area contributed by atoms with Crippen molar-refractivity contribution >= 4 is 11.9 Å². The molecule has 0 unspecified atom stereocenters. The summed E-state index contributed by atoms with van der Waals surface area (Å²) in [5.41, 5.74) is -0.577. The van der Waals surface area contributed by atoms with Crippen LogP contribution < -0.4 is 0 Å². The largest absolute Gasteiger partial charge is 0.438 e. The molecule has 4 fully saturated rings. The highest BCUT2D eigenvalue weighted by Crippen LogP contribution is 2.58. The van der Waals surface area contributed by atoms with E-state index in [0.29, 0.717) is 18.3 Å². The van der Waals surface area contributed by atoms with E-state index >= 15 is 0 Å². The van der Waals surface area contributed by atoms with Crippen LogP contribution in [0, 0.1) is 23.7 Å². The molecular weight excluding hydrogens is 254 g/mol. The first-order valence-electron chi connectivity index (χ1n) is 7.94. The number of allylic oxidation sites excluding steroid dienone is 1. The summed E-state index contributed by atoms with van der Waals surface area (Å²) < 4.78 is 5.97. The van der Waals surface area contributed by atoms with Gasteiger partial charge in [0.25, 0.3) is 0 Å². The molecule has 2 bridgehead atoms. The Morgan fingerprint density at radius 1 is 1.20 bits per heavy atom. The van der Waals surface area contributed by atoms with E-state index in [1.54, 1.807) is 0 Å². The van der Waals surface area contributed by atoms with Gasteiger partial charge in [0.05, 0.1) is 12.0 Å². The average molecular weight is 273 g/mol. The quantitative estimate of drug-likeness (QED) is 0.500. The van der Waals surface area contributed by atoms with Crippen LogP contribution in [0.15, 0.2) is 12.2 Å². The van der Waals surface area contributed by atoms with E-state index in [2.05, 4.69) is 12.2 Å². The Kier molecular flexibility index (Phi) is 1.97. The van der Waals surface area contributed by atoms with Crippen molar-refractivity contribution in [3.05, 3.63) is 12.2 Å². The van der Waals surface area contributed by atoms with Gasteiger partial charge in [-0.2, -0.15) is 0 Å². The van der Waals surface area contributed by atoms with Crippen molar-refractivity contribution in [2.24, 2.45) is 23.7 Å². The molecular formula is C16H19NO3. The molecule has 0 aromatic carbocycles. The van der Waals surface area contributed by atoms with E-state index in [1.807, 2.05) is 4.90 Å². The van der Waals surface area contributed by atoms with Crippen LogP contribution in [0.25, 0.3) is 0 Å². The summed E-state index contributed by atoms with van der Waals surface area (Å²) in [7, 11) is 0. The molecule has 1 spiro atoms. The van der Waals surface area contributed by atoms with Crippen LogP contribution >= 0.6 is 0 Å². The molecule has 4 heteroatoms. The van der Waals surface area contributed by atoms with E-state index in [9.17, 15) is 9.59 Å². The van der Waals surface area contributed by atoms with Crippen molar-refractivity contribution in [1.82, 2.24) is 4.90 Å². The highest BCUT2D eigenvalue weighted by Gasteiger charge is 2.67. The lowest BCUT2D eigenvalue weighted by molar-refractivity contribution is -0.231. The molecule has 2 heterocycles. The summed E-state index contributed by atoms with van der Waals surface area (Å²) in [5.74, 6) is 0.992. The molecule has 2 saturated carbocycles. The number of carbonyl (C=O) groups excluding carboxylic acids is 2. The molecule has 3 aliphatic carbocycles. The van der Waals surface area contributed by atoms with Crippen LogP contribution in [0.1, 0.15) is 38.5 Å². The van der Waals surface area contributed by atoms with Gasteiger partial charge in [-0.05, 0) is 31.1 Å². The van der Waals surface area contributed by atoms with E-state index in [0.717, 1.165) is 32.1 Å². The normalized spacial score (nSPS) is 51.8. The summed E-state index contributed by atoms with van der Waals surface area (Å²) in [6.45, 7) is 0. The first kappa shape index (κ1) is 11.4. The molecule has 4 nitrogen and oxygen atoms in total. The summed E-state index contributed by atoms with van der Waals surface area (Å²) in [4.78, 5) is 27.2. The number of carbonyl (C=O) groups is 2. The number of hydrogen-bond acceptors (Lipinski definition) is 3. The Morgan fingerprint density at radius 3 is 2.95 bits per heavy atom. The first-order valence-corrected chi connectivity index (χ1v) is 7.94. The van der Waals surface area contributed by atoms with Gasteiger partial charge in [-0.3, -0.25) is 14.5 Å². The molecule has 0 aromatic heterocycles. The van der Waals surface area contributed by atoms with Crippen LogP contribution in [0.3, 0.4) is 0 Å². The van der Waals surface area contributed by atoms with Gasteiger partial charge in [0.15, 0.2) is 5.72 Å². The molecule has 20 heavy (non-hydrogen) atoms. The van der Waals surface area contributed by atoms with Gasteiger partial charge < -0.3 is 4.74 Å². The van der Waals surface area contributed by atoms with Crippen molar-refractivity contribution in [1.29, 1.82) is 0 Å². The monoisotopic (exact) mass is 273 g/mol. The Bertz CT molecular complexity index is 542. The van der Waals surface area contributed by atoms with E-state index in [4.69, 9.17) is 4.74 Å². The second kappa shape index (κ2) is 3.46. The zero-order valence-corrected chi connectivity index (χ0v) is 11.5. The average Bonchev–Trinajstić information content (AvgIpc) is 3.08. The number of ether oxygens (including phenoxy) is 1. The minimum absolute atomic E-state index is 0.0373. The minimum Gasteiger partial charge on any atom is -0.438 e. The number of fused-ring (bicyclic) bond motifs is 6. The lowest BCUT2D eigenvalue weighted by Gasteiger charge is -2.52. The van der Waals surface area contributed by atoms with Crippen LogP contribution in [-0.4, -0.2) is 28.5 Å². The molecule has 106 valence electrons. The number of esters is 1. The highest BCUT2D eigenvalue weighted by atomic mass is 16.6. The standard InChI is InChI=1S/C16H19NO3/c18-12-8-11-3-1-2-6-16(11)17(12)14-10-5-4-9(7-10)13(14)15(19)20-16/h4-5,9-11,13-14H,1-3,6-8H2/t9-,10+,11+,13+,14-,16-/m0/s1. The topological polar surface area (TPSA) is 46.6 Å². The number of amides is 1. The second-order valence-electron chi connectivity index (χ2n) is 7.14. The molecule has 5 rings (SSSR count). The Morgan fingerprint density at radius 2 is 2.05 bits per heavy atom. The zero-order chi connectivity index (χ0) is 13.5. The number of nitrogens with zero attached hydrogens (tertiary/aromatic N) is 1. The van der Waals surface area contributed by atoms with Crippen molar-refractivity contribution in [2.45, 2.75) is 50.3 Å². The van der Waals surface area contributed by atoms with Gasteiger partial charge in [0.1, 0.15) is 0 Å². The minimum atomic E-state index is -0.577. The Hall–Kier alpha value is -1.32. The lowest BCUT2D eigenvalue weighted by atomic mass is 9.77. The summed E-state index contributed by atoms with van der Waals surface area (Å²) in [5, 5.41) is 0. The smallest absolute Gasteiger partial charge is 0.313 e. The van der Waals surface area contributed by atoms with Gasteiger partial charge in [-0.25, -0.2) is 0 Å². The molecule has 1 amide bonds. The Labute approximate surface area is 118 Å². The zero-order valence-electron chi connectivity index (χ0n) is 11.5. The van der Waals surface area contributed by atoms with Crippen LogP contribution in [0.2, 0.25) is 0 Å². The van der Waals surface area contributed by atoms with E-state index in [-0.39, 0.29) is 29.8 Å². The van der Waals surface area contributed by atoms with Crippen LogP contribution in [-0.2, 0) is 14.3 Å². The third-order valence-electron chi connectivity index (χ3n) is 6.34. The van der Waals surface area contributed by atoms with Gasteiger partial charge in [-0.1, -0.05) is 18.6 Å². The molecule has 6 atom stereocenters. The van der Waals surface area contributed by atoms with Crippen molar-refractivity contribution in [3.8, 4) is 0 Å². The van der Waals surface area contributed by atoms with Crippen LogP contribution in [0.4, 0.5) is 0 Å². The summed E-state index contributed by atoms with van der Waals surface area (Å²) in [6.07, 6.45) is 10.1. The molecule has 0 radical (unpaired) electrons. The van der Waals surface area contributed by atoms with Gasteiger partial charge in [0.2, 0.25) is 5.91 Å². The predicted octanol–water partition coefficient (Wildman–Crippen LogP) is 1.85. The third-order valence-corrected chi connectivity index (χ3v) is 6.34. The maximum atomic E-state index is 12.6. The molecule has 5 aliphatic rings. The van der Waals surface area contributed by atoms with Crippen LogP contribution in [0.5, 0.6) is 0 Å². The molecule has 2 aliphatic heterocycles. The fraction of sp³-hybridized carbons (Fsp3) is 0.750. The first-order chi connectivity index (χ1) is 9.71. The summed E-state index contributed by atoms with van der Waals surface area (Å²) >= 11 is 0. The van der Waals surface area contributed by atoms with Crippen molar-refractivity contribution in [2.75, 3.05) is 0 Å². The maximum Gasteiger partial charge on any atom is 0.313 e. The Balaban J connectivity index is 1.64. The SMILES string of the molecule is O=C1O[C@@]23CCCC[C@@H]2CC(=O)N3[C@@H]2[C@H]1[C@H]1C=C[C@@H]2C1. The summed E-state index contributed by atoms with van der Waals surface area (Å²) in [6, 6.07) is 0.0850. The van der Waals surface area contributed by atoms with E-state index < -0.39 is 5.72 Å². The fourth-order valence-electron chi connectivity index (χ4n) is 5.60. The van der Waals surface area contributed by atoms with Crippen molar-refractivity contribution in [3.63, 3.8) is 0 Å². The highest BCUT2D eigenvalue weighted by molar-refractivity contribution is 5.86. The van der Waals surface area contributed by atoms with Gasteiger partial charge >= 0.3 is 5.97 Å². The molecule has 0 N–H and O–H groups in total. The lowest BCUT2D eigenvalue weighted by Crippen LogP contribution is -2.65. The third kappa shape index (κ3) is 1.11. The van der Waals surface area contributed by atoms with Gasteiger partial charge in [0, 0.05) is 18.8 Å². The maximum absolute atomic E-state index is 12.6. The second-order valence-corrected chi connectivity index (χ2v) is 7.14. The van der Waals surface area contributed by atoms with Crippen molar-refractivity contribution < 1.29 is 14.3 Å². The fourth-order valence-corrected chi connectivity index (χ4v) is 5.60. The van der Waals surface area contributed by atoms with E-state index in [1.165, 1.54) is 0 Å². The number of hydrogen-bond donors (Lipinski definition) is 0. The predicted molar refractivity (Wildman–Crippen MR) is 70.3 cm³/mol. The number of rotatable bonds is 0. The van der Waals surface area contributed by atoms with Gasteiger partial charge in [-0.15, -0.1) is 0 Å². The molecule has 2 saturated heterocycles.